The normalized spacial score (nSPS) is 12.5. The van der Waals surface area contributed by atoms with Crippen molar-refractivity contribution in [1.29, 1.82) is 0 Å². The second kappa shape index (κ2) is 5.47. The van der Waals surface area contributed by atoms with Crippen molar-refractivity contribution in [3.05, 3.63) is 22.2 Å². The van der Waals surface area contributed by atoms with Crippen LogP contribution in [0.5, 0.6) is 5.75 Å². The third-order valence-corrected chi connectivity index (χ3v) is 3.00. The molecule has 1 aromatic rings. The molecule has 4 heteroatoms. The summed E-state index contributed by atoms with van der Waals surface area (Å²) in [6.07, 6.45) is 1.07. The second-order valence-electron chi connectivity index (χ2n) is 3.63. The minimum atomic E-state index is 0.449. The van der Waals surface area contributed by atoms with Crippen molar-refractivity contribution in [3.8, 4) is 5.75 Å². The molecule has 0 bridgehead atoms. The van der Waals surface area contributed by atoms with Gasteiger partial charge in [0.25, 0.3) is 0 Å². The lowest BCUT2D eigenvalue weighted by Crippen LogP contribution is -2.08. The maximum atomic E-state index is 5.87. The molecule has 0 aliphatic heterocycles. The number of benzene rings is 1. The first-order valence-electron chi connectivity index (χ1n) is 4.92. The number of hydrogen-bond donors (Lipinski definition) is 1. The van der Waals surface area contributed by atoms with Gasteiger partial charge < -0.3 is 10.5 Å². The lowest BCUT2D eigenvalue weighted by molar-refractivity contribution is 0.258. The molecule has 1 atom stereocenters. The predicted octanol–water partition coefficient (Wildman–Crippen LogP) is 4.00. The average Bonchev–Trinajstić information content (AvgIpc) is 2.21. The average molecular weight is 248 g/mol. The molecule has 0 fully saturated rings. The summed E-state index contributed by atoms with van der Waals surface area (Å²) < 4.78 is 5.56. The van der Waals surface area contributed by atoms with Crippen molar-refractivity contribution in [2.75, 3.05) is 12.3 Å². The van der Waals surface area contributed by atoms with Crippen molar-refractivity contribution >= 4 is 28.9 Å². The summed E-state index contributed by atoms with van der Waals surface area (Å²) in [4.78, 5) is 0. The monoisotopic (exact) mass is 247 g/mol. The molecule has 0 saturated carbocycles. The number of halogens is 2. The highest BCUT2D eigenvalue weighted by Gasteiger charge is 2.07. The van der Waals surface area contributed by atoms with E-state index in [4.69, 9.17) is 33.7 Å². The maximum absolute atomic E-state index is 5.87. The number of ether oxygens (including phenoxy) is 1. The zero-order chi connectivity index (χ0) is 11.4. The van der Waals surface area contributed by atoms with E-state index in [1.807, 2.05) is 0 Å². The van der Waals surface area contributed by atoms with Crippen LogP contribution in [0.4, 0.5) is 5.69 Å². The second-order valence-corrected chi connectivity index (χ2v) is 4.44. The third kappa shape index (κ3) is 3.47. The molecule has 0 heterocycles. The fraction of sp³-hybridized carbons (Fsp3) is 0.455. The van der Waals surface area contributed by atoms with Crippen molar-refractivity contribution in [2.45, 2.75) is 20.3 Å². The Hall–Kier alpha value is -0.600. The van der Waals surface area contributed by atoms with E-state index in [2.05, 4.69) is 13.8 Å². The van der Waals surface area contributed by atoms with E-state index < -0.39 is 0 Å². The molecular weight excluding hydrogens is 233 g/mol. The highest BCUT2D eigenvalue weighted by molar-refractivity contribution is 6.42. The lowest BCUT2D eigenvalue weighted by Gasteiger charge is -2.13. The molecule has 84 valence electrons. The van der Waals surface area contributed by atoms with Crippen molar-refractivity contribution in [2.24, 2.45) is 5.92 Å². The molecule has 0 aliphatic carbocycles. The predicted molar refractivity (Wildman–Crippen MR) is 65.8 cm³/mol. The summed E-state index contributed by atoms with van der Waals surface area (Å²) in [6.45, 7) is 4.87. The van der Waals surface area contributed by atoms with Gasteiger partial charge in [0.15, 0.2) is 0 Å². The first-order valence-corrected chi connectivity index (χ1v) is 5.67. The highest BCUT2D eigenvalue weighted by atomic mass is 35.5. The molecule has 1 rings (SSSR count). The van der Waals surface area contributed by atoms with Crippen LogP contribution >= 0.6 is 23.2 Å². The Morgan fingerprint density at radius 2 is 1.93 bits per heavy atom. The van der Waals surface area contributed by atoms with E-state index in [1.54, 1.807) is 12.1 Å². The summed E-state index contributed by atoms with van der Waals surface area (Å²) in [5.41, 5.74) is 6.27. The van der Waals surface area contributed by atoms with Crippen molar-refractivity contribution < 1.29 is 4.74 Å². The minimum absolute atomic E-state index is 0.449. The molecule has 1 unspecified atom stereocenters. The number of nitrogens with two attached hydrogens (primary N) is 1. The van der Waals surface area contributed by atoms with E-state index in [0.717, 1.165) is 6.42 Å². The largest absolute Gasteiger partial charge is 0.491 e. The summed E-state index contributed by atoms with van der Waals surface area (Å²) >= 11 is 11.7. The van der Waals surface area contributed by atoms with Gasteiger partial charge in [0.05, 0.1) is 22.3 Å². The molecule has 0 aromatic heterocycles. The first-order chi connectivity index (χ1) is 7.04. The zero-order valence-electron chi connectivity index (χ0n) is 8.89. The van der Waals surface area contributed by atoms with Gasteiger partial charge in [-0.25, -0.2) is 0 Å². The number of rotatable bonds is 4. The van der Waals surface area contributed by atoms with Crippen LogP contribution in [0.25, 0.3) is 0 Å². The van der Waals surface area contributed by atoms with Gasteiger partial charge in [-0.2, -0.15) is 0 Å². The van der Waals surface area contributed by atoms with Crippen molar-refractivity contribution in [1.82, 2.24) is 0 Å². The number of hydrogen-bond acceptors (Lipinski definition) is 2. The molecule has 0 aliphatic rings. The van der Waals surface area contributed by atoms with Gasteiger partial charge in [-0.05, 0) is 12.0 Å². The van der Waals surface area contributed by atoms with Gasteiger partial charge in [0.1, 0.15) is 5.75 Å². The molecular formula is C11H15Cl2NO. The van der Waals surface area contributed by atoms with Gasteiger partial charge in [-0.1, -0.05) is 43.5 Å². The van der Waals surface area contributed by atoms with Gasteiger partial charge in [-0.3, -0.25) is 0 Å². The van der Waals surface area contributed by atoms with Crippen LogP contribution in [-0.2, 0) is 0 Å². The molecule has 1 aromatic carbocycles. The Balaban J connectivity index is 2.73. The maximum Gasteiger partial charge on any atom is 0.143 e. The van der Waals surface area contributed by atoms with Gasteiger partial charge in [0.2, 0.25) is 0 Å². The SMILES string of the molecule is CCC(C)COc1cc(Cl)c(Cl)cc1N. The molecule has 2 N–H and O–H groups in total. The fourth-order valence-corrected chi connectivity index (χ4v) is 1.34. The van der Waals surface area contributed by atoms with E-state index >= 15 is 0 Å². The molecule has 15 heavy (non-hydrogen) atoms. The van der Waals surface area contributed by atoms with Crippen LogP contribution in [-0.4, -0.2) is 6.61 Å². The quantitative estimate of drug-likeness (QED) is 0.817. The van der Waals surface area contributed by atoms with Crippen LogP contribution in [0.2, 0.25) is 10.0 Å². The molecule has 0 spiro atoms. The van der Waals surface area contributed by atoms with E-state index in [0.29, 0.717) is 34.0 Å². The van der Waals surface area contributed by atoms with Gasteiger partial charge in [0, 0.05) is 6.07 Å². The summed E-state index contributed by atoms with van der Waals surface area (Å²) in [6, 6.07) is 3.26. The Kier molecular flexibility index (Phi) is 4.55. The van der Waals surface area contributed by atoms with Crippen LogP contribution < -0.4 is 10.5 Å². The minimum Gasteiger partial charge on any atom is -0.491 e. The number of anilines is 1. The zero-order valence-corrected chi connectivity index (χ0v) is 10.4. The van der Waals surface area contributed by atoms with Crippen LogP contribution in [0.1, 0.15) is 20.3 Å². The van der Waals surface area contributed by atoms with Gasteiger partial charge in [-0.15, -0.1) is 0 Å². The summed E-state index contributed by atoms with van der Waals surface area (Å²) in [5.74, 6) is 1.10. The van der Waals surface area contributed by atoms with Crippen LogP contribution in [0.3, 0.4) is 0 Å². The van der Waals surface area contributed by atoms with Crippen molar-refractivity contribution in [3.63, 3.8) is 0 Å². The van der Waals surface area contributed by atoms with Crippen LogP contribution in [0, 0.1) is 5.92 Å². The molecule has 0 amide bonds. The smallest absolute Gasteiger partial charge is 0.143 e. The topological polar surface area (TPSA) is 35.2 Å². The Bertz CT molecular complexity index is 342. The van der Waals surface area contributed by atoms with Gasteiger partial charge >= 0.3 is 0 Å². The van der Waals surface area contributed by atoms with E-state index in [9.17, 15) is 0 Å². The van der Waals surface area contributed by atoms with E-state index in [1.165, 1.54) is 0 Å². The molecule has 0 saturated heterocycles. The third-order valence-electron chi connectivity index (χ3n) is 2.27. The van der Waals surface area contributed by atoms with E-state index in [-0.39, 0.29) is 0 Å². The Morgan fingerprint density at radius 3 is 2.53 bits per heavy atom. The first kappa shape index (κ1) is 12.5. The Labute approximate surface area is 100 Å². The molecule has 0 radical (unpaired) electrons. The molecule has 2 nitrogen and oxygen atoms in total. The highest BCUT2D eigenvalue weighted by Crippen LogP contribution is 2.32. The standard InChI is InChI=1S/C11H15Cl2NO/c1-3-7(2)6-15-11-5-9(13)8(12)4-10(11)14/h4-5,7H,3,6,14H2,1-2H3. The number of nitrogen functional groups attached to an aromatic ring is 1. The lowest BCUT2D eigenvalue weighted by atomic mass is 10.1. The summed E-state index contributed by atoms with van der Waals surface area (Å²) in [5, 5.41) is 0.912. The summed E-state index contributed by atoms with van der Waals surface area (Å²) in [7, 11) is 0. The Morgan fingerprint density at radius 1 is 1.33 bits per heavy atom. The fourth-order valence-electron chi connectivity index (χ4n) is 1.02. The van der Waals surface area contributed by atoms with Crippen LogP contribution in [0.15, 0.2) is 12.1 Å².